The Morgan fingerprint density at radius 1 is 0.900 bits per heavy atom. The van der Waals surface area contributed by atoms with Gasteiger partial charge in [-0.2, -0.15) is 0 Å². The van der Waals surface area contributed by atoms with Crippen molar-refractivity contribution in [1.29, 1.82) is 0 Å². The molecule has 0 saturated carbocycles. The minimum absolute atomic E-state index is 1.03. The summed E-state index contributed by atoms with van der Waals surface area (Å²) in [5, 5.41) is 0. The first-order valence-electron chi connectivity index (χ1n) is 7.22. The molecule has 0 aliphatic rings. The summed E-state index contributed by atoms with van der Waals surface area (Å²) in [6.45, 7) is 8.20. The molecule has 0 N–H and O–H groups in total. The van der Waals surface area contributed by atoms with Gasteiger partial charge < -0.3 is 0 Å². The van der Waals surface area contributed by atoms with E-state index in [1.165, 1.54) is 16.7 Å². The fraction of sp³-hybridized carbons (Fsp3) is 0.200. The summed E-state index contributed by atoms with van der Waals surface area (Å²) in [5.41, 5.74) is 3.75. The highest BCUT2D eigenvalue weighted by atomic mass is 14.0. The van der Waals surface area contributed by atoms with Crippen molar-refractivity contribution in [3.05, 3.63) is 84.4 Å². The monoisotopic (exact) mass is 264 g/mol. The molecule has 0 heterocycles. The second kappa shape index (κ2) is 9.80. The van der Waals surface area contributed by atoms with Crippen LogP contribution >= 0.6 is 0 Å². The van der Waals surface area contributed by atoms with E-state index in [0.29, 0.717) is 0 Å². The molecule has 2 aromatic carbocycles. The van der Waals surface area contributed by atoms with Gasteiger partial charge in [0.2, 0.25) is 0 Å². The molecular weight excluding hydrogens is 240 g/mol. The van der Waals surface area contributed by atoms with Gasteiger partial charge >= 0.3 is 0 Å². The maximum absolute atomic E-state index is 3.94. The van der Waals surface area contributed by atoms with E-state index < -0.39 is 0 Å². The van der Waals surface area contributed by atoms with Gasteiger partial charge in [-0.05, 0) is 29.5 Å². The molecule has 0 fully saturated rings. The van der Waals surface area contributed by atoms with Crippen molar-refractivity contribution < 1.29 is 0 Å². The summed E-state index contributed by atoms with van der Waals surface area (Å²) in [5.74, 6) is 0. The molecule has 0 aliphatic heterocycles. The van der Waals surface area contributed by atoms with Crippen LogP contribution in [0.3, 0.4) is 0 Å². The average Bonchev–Trinajstić information content (AvgIpc) is 2.54. The van der Waals surface area contributed by atoms with Crippen LogP contribution in [0.15, 0.2) is 73.3 Å². The summed E-state index contributed by atoms with van der Waals surface area (Å²) in [6, 6.07) is 20.6. The largest absolute Gasteiger partial charge is 0.0952 e. The molecule has 0 aromatic heterocycles. The molecular formula is C20H24. The van der Waals surface area contributed by atoms with E-state index in [1.54, 1.807) is 0 Å². The third-order valence-corrected chi connectivity index (χ3v) is 2.95. The topological polar surface area (TPSA) is 0 Å². The van der Waals surface area contributed by atoms with Gasteiger partial charge in [-0.3, -0.25) is 0 Å². The predicted molar refractivity (Wildman–Crippen MR) is 91.5 cm³/mol. The lowest BCUT2D eigenvalue weighted by Crippen LogP contribution is -1.77. The van der Waals surface area contributed by atoms with Gasteiger partial charge in [-0.1, -0.05) is 93.2 Å². The van der Waals surface area contributed by atoms with Gasteiger partial charge in [0.1, 0.15) is 0 Å². The van der Waals surface area contributed by atoms with Gasteiger partial charge in [-0.25, -0.2) is 0 Å². The lowest BCUT2D eigenvalue weighted by atomic mass is 10.1. The highest BCUT2D eigenvalue weighted by Gasteiger charge is 1.91. The summed E-state index contributed by atoms with van der Waals surface area (Å²) in [4.78, 5) is 0. The van der Waals surface area contributed by atoms with Crippen LogP contribution in [0.25, 0.3) is 11.6 Å². The third-order valence-electron chi connectivity index (χ3n) is 2.95. The fourth-order valence-electron chi connectivity index (χ4n) is 1.70. The van der Waals surface area contributed by atoms with Crippen molar-refractivity contribution in [2.75, 3.05) is 0 Å². The Bertz CT molecular complexity index is 506. The zero-order chi connectivity index (χ0) is 14.6. The smallest absolute Gasteiger partial charge is 0.0231 e. The molecule has 0 spiro atoms. The van der Waals surface area contributed by atoms with Crippen molar-refractivity contribution in [1.82, 2.24) is 0 Å². The first-order valence-corrected chi connectivity index (χ1v) is 7.22. The third kappa shape index (κ3) is 6.19. The van der Waals surface area contributed by atoms with E-state index in [4.69, 9.17) is 0 Å². The van der Waals surface area contributed by atoms with Gasteiger partial charge in [0.15, 0.2) is 0 Å². The average molecular weight is 264 g/mol. The Morgan fingerprint density at radius 3 is 1.95 bits per heavy atom. The normalized spacial score (nSPS) is 9.90. The second-order valence-electron chi connectivity index (χ2n) is 4.54. The van der Waals surface area contributed by atoms with Crippen molar-refractivity contribution in [3.8, 4) is 0 Å². The number of rotatable bonds is 4. The molecule has 2 aromatic rings. The van der Waals surface area contributed by atoms with Gasteiger partial charge in [0, 0.05) is 0 Å². The van der Waals surface area contributed by atoms with Gasteiger partial charge in [0.25, 0.3) is 0 Å². The molecule has 0 bridgehead atoms. The van der Waals surface area contributed by atoms with Crippen molar-refractivity contribution in [2.45, 2.75) is 26.7 Å². The molecule has 0 radical (unpaired) electrons. The van der Waals surface area contributed by atoms with Gasteiger partial charge in [-0.15, -0.1) is 0 Å². The van der Waals surface area contributed by atoms with E-state index in [-0.39, 0.29) is 0 Å². The minimum Gasteiger partial charge on any atom is -0.0952 e. The minimum atomic E-state index is 1.03. The Hall–Kier alpha value is -2.08. The first kappa shape index (κ1) is 16.0. The Kier molecular flexibility index (Phi) is 7.83. The zero-order valence-electron chi connectivity index (χ0n) is 12.5. The molecule has 0 heteroatoms. The maximum Gasteiger partial charge on any atom is -0.0231 e. The standard InChI is InChI=1S/2C10H12/c1-3-9(2)10-7-5-4-6-8-10;1-2-3-7-10-8-5-4-6-9-10/h4-8H,2-3H2,1H3;3-9H,2H2,1H3. The van der Waals surface area contributed by atoms with Crippen LogP contribution in [-0.4, -0.2) is 0 Å². The van der Waals surface area contributed by atoms with Crippen molar-refractivity contribution in [2.24, 2.45) is 0 Å². The van der Waals surface area contributed by atoms with Gasteiger partial charge in [0.05, 0.1) is 0 Å². The van der Waals surface area contributed by atoms with Crippen LogP contribution < -0.4 is 0 Å². The fourth-order valence-corrected chi connectivity index (χ4v) is 1.70. The molecule has 20 heavy (non-hydrogen) atoms. The van der Waals surface area contributed by atoms with Crippen LogP contribution in [0.5, 0.6) is 0 Å². The van der Waals surface area contributed by atoms with Crippen LogP contribution in [0, 0.1) is 0 Å². The lowest BCUT2D eigenvalue weighted by Gasteiger charge is -1.99. The van der Waals surface area contributed by atoms with Crippen LogP contribution in [0.4, 0.5) is 0 Å². The molecule has 0 aliphatic carbocycles. The molecule has 0 nitrogen and oxygen atoms in total. The SMILES string of the molecule is C=C(CC)c1ccccc1.CCC=Cc1ccccc1. The highest BCUT2D eigenvalue weighted by molar-refractivity contribution is 5.62. The number of allylic oxidation sites excluding steroid dienone is 2. The predicted octanol–water partition coefficient (Wildman–Crippen LogP) is 6.22. The number of benzene rings is 2. The summed E-state index contributed by atoms with van der Waals surface area (Å²) >= 11 is 0. The van der Waals surface area contributed by atoms with Crippen molar-refractivity contribution in [3.63, 3.8) is 0 Å². The molecule has 0 saturated heterocycles. The molecule has 2 rings (SSSR count). The molecule has 104 valence electrons. The molecule has 0 amide bonds. The number of hydrogen-bond acceptors (Lipinski definition) is 0. The van der Waals surface area contributed by atoms with Crippen LogP contribution in [0.1, 0.15) is 37.8 Å². The first-order chi connectivity index (χ1) is 9.77. The summed E-state index contributed by atoms with van der Waals surface area (Å²) < 4.78 is 0. The van der Waals surface area contributed by atoms with E-state index in [1.807, 2.05) is 24.3 Å². The second-order valence-corrected chi connectivity index (χ2v) is 4.54. The zero-order valence-corrected chi connectivity index (χ0v) is 12.5. The van der Waals surface area contributed by atoms with E-state index >= 15 is 0 Å². The number of hydrogen-bond donors (Lipinski definition) is 0. The van der Waals surface area contributed by atoms with Crippen LogP contribution in [0.2, 0.25) is 0 Å². The molecule has 0 unspecified atom stereocenters. The van der Waals surface area contributed by atoms with Crippen LogP contribution in [-0.2, 0) is 0 Å². The maximum atomic E-state index is 3.94. The van der Waals surface area contributed by atoms with E-state index in [0.717, 1.165) is 12.8 Å². The van der Waals surface area contributed by atoms with Crippen molar-refractivity contribution >= 4 is 11.6 Å². The Balaban J connectivity index is 0.000000200. The molecule has 0 atom stereocenters. The summed E-state index contributed by atoms with van der Waals surface area (Å²) in [6.07, 6.45) is 6.44. The van der Waals surface area contributed by atoms with E-state index in [2.05, 4.69) is 69.0 Å². The lowest BCUT2D eigenvalue weighted by molar-refractivity contribution is 1.23. The van der Waals surface area contributed by atoms with E-state index in [9.17, 15) is 0 Å². The quantitative estimate of drug-likeness (QED) is 0.615. The Labute approximate surface area is 123 Å². The summed E-state index contributed by atoms with van der Waals surface area (Å²) in [7, 11) is 0. The Morgan fingerprint density at radius 2 is 1.45 bits per heavy atom. The highest BCUT2D eigenvalue weighted by Crippen LogP contribution is 2.13.